The normalized spacial score (nSPS) is 15.7. The Morgan fingerprint density at radius 1 is 1.25 bits per heavy atom. The molecule has 110 valence electrons. The van der Waals surface area contributed by atoms with Crippen LogP contribution in [0.1, 0.15) is 31.7 Å². The summed E-state index contributed by atoms with van der Waals surface area (Å²) in [7, 11) is -3.13. The number of amides is 1. The van der Waals surface area contributed by atoms with Crippen molar-refractivity contribution in [3.8, 4) is 0 Å². The molecule has 0 radical (unpaired) electrons. The molecule has 0 bridgehead atoms. The van der Waals surface area contributed by atoms with Gasteiger partial charge in [0.25, 0.3) is 0 Å². The molecule has 1 saturated carbocycles. The lowest BCUT2D eigenvalue weighted by molar-refractivity contribution is -0.127. The van der Waals surface area contributed by atoms with Crippen molar-refractivity contribution in [1.29, 1.82) is 0 Å². The smallest absolute Gasteiger partial charge is 0.223 e. The predicted octanol–water partition coefficient (Wildman–Crippen LogP) is 1.94. The highest BCUT2D eigenvalue weighted by Crippen LogP contribution is 2.26. The molecule has 0 spiro atoms. The van der Waals surface area contributed by atoms with E-state index < -0.39 is 9.84 Å². The Morgan fingerprint density at radius 3 is 2.40 bits per heavy atom. The van der Waals surface area contributed by atoms with Gasteiger partial charge >= 0.3 is 0 Å². The third-order valence-electron chi connectivity index (χ3n) is 3.85. The number of rotatable bonds is 6. The highest BCUT2D eigenvalue weighted by Gasteiger charge is 2.24. The van der Waals surface area contributed by atoms with Gasteiger partial charge in [0, 0.05) is 12.5 Å². The standard InChI is InChI=1S/C15H21NO3S/c1-2-20(18,19)14-8-6-12(7-9-14)10-11-16-15(17)13-4-3-5-13/h6-9,13H,2-5,10-11H2,1H3,(H,16,17). The van der Waals surface area contributed by atoms with Crippen LogP contribution in [0.15, 0.2) is 29.2 Å². The van der Waals surface area contributed by atoms with Crippen LogP contribution < -0.4 is 5.32 Å². The lowest BCUT2D eigenvalue weighted by atomic mass is 9.85. The zero-order chi connectivity index (χ0) is 14.6. The van der Waals surface area contributed by atoms with E-state index in [0.717, 1.165) is 31.2 Å². The molecule has 0 unspecified atom stereocenters. The van der Waals surface area contributed by atoms with Crippen LogP contribution >= 0.6 is 0 Å². The van der Waals surface area contributed by atoms with Gasteiger partial charge in [0.2, 0.25) is 5.91 Å². The number of nitrogens with one attached hydrogen (secondary N) is 1. The van der Waals surface area contributed by atoms with Crippen LogP contribution in [0, 0.1) is 5.92 Å². The van der Waals surface area contributed by atoms with E-state index in [0.29, 0.717) is 11.4 Å². The van der Waals surface area contributed by atoms with Gasteiger partial charge in [-0.1, -0.05) is 25.5 Å². The third-order valence-corrected chi connectivity index (χ3v) is 5.60. The molecule has 0 atom stereocenters. The van der Waals surface area contributed by atoms with Gasteiger partial charge in [-0.15, -0.1) is 0 Å². The van der Waals surface area contributed by atoms with Crippen LogP contribution in [0.5, 0.6) is 0 Å². The second-order valence-electron chi connectivity index (χ2n) is 5.22. The Kier molecular flexibility index (Phi) is 4.81. The molecule has 1 aromatic carbocycles. The number of carbonyl (C=O) groups excluding carboxylic acids is 1. The number of carbonyl (C=O) groups is 1. The number of benzene rings is 1. The van der Waals surface area contributed by atoms with E-state index in [9.17, 15) is 13.2 Å². The van der Waals surface area contributed by atoms with Gasteiger partial charge < -0.3 is 5.32 Å². The SMILES string of the molecule is CCS(=O)(=O)c1ccc(CCNC(=O)C2CCC2)cc1. The summed E-state index contributed by atoms with van der Waals surface area (Å²) in [5.41, 5.74) is 1.04. The average Bonchev–Trinajstić information content (AvgIpc) is 2.37. The van der Waals surface area contributed by atoms with Gasteiger partial charge in [-0.05, 0) is 37.0 Å². The van der Waals surface area contributed by atoms with Gasteiger partial charge in [0.1, 0.15) is 0 Å². The molecule has 0 aromatic heterocycles. The minimum atomic E-state index is -3.13. The molecule has 0 heterocycles. The summed E-state index contributed by atoms with van der Waals surface area (Å²) in [6, 6.07) is 6.92. The summed E-state index contributed by atoms with van der Waals surface area (Å²) < 4.78 is 23.3. The molecular weight excluding hydrogens is 274 g/mol. The maximum Gasteiger partial charge on any atom is 0.223 e. The van der Waals surface area contributed by atoms with Crippen LogP contribution in [-0.2, 0) is 21.1 Å². The molecule has 1 aliphatic rings. The molecular formula is C15H21NO3S. The molecule has 1 fully saturated rings. The Balaban J connectivity index is 1.83. The molecule has 0 aliphatic heterocycles. The minimum Gasteiger partial charge on any atom is -0.356 e. The Hall–Kier alpha value is -1.36. The van der Waals surface area contributed by atoms with Crippen molar-refractivity contribution in [2.45, 2.75) is 37.5 Å². The Bertz CT molecular complexity index is 559. The monoisotopic (exact) mass is 295 g/mol. The minimum absolute atomic E-state index is 0.115. The highest BCUT2D eigenvalue weighted by molar-refractivity contribution is 7.91. The average molecular weight is 295 g/mol. The first-order valence-corrected chi connectivity index (χ1v) is 8.77. The van der Waals surface area contributed by atoms with Gasteiger partial charge in [-0.3, -0.25) is 4.79 Å². The Labute approximate surface area is 120 Å². The molecule has 4 nitrogen and oxygen atoms in total. The predicted molar refractivity (Wildman–Crippen MR) is 78.2 cm³/mol. The molecule has 2 rings (SSSR count). The van der Waals surface area contributed by atoms with Crippen LogP contribution in [0.25, 0.3) is 0 Å². The molecule has 1 aromatic rings. The van der Waals surface area contributed by atoms with Crippen molar-refractivity contribution in [3.05, 3.63) is 29.8 Å². The lowest BCUT2D eigenvalue weighted by Crippen LogP contribution is -2.35. The third kappa shape index (κ3) is 3.60. The fourth-order valence-electron chi connectivity index (χ4n) is 2.17. The Morgan fingerprint density at radius 2 is 1.90 bits per heavy atom. The van der Waals surface area contributed by atoms with E-state index in [1.54, 1.807) is 19.1 Å². The summed E-state index contributed by atoms with van der Waals surface area (Å²) >= 11 is 0. The molecule has 1 amide bonds. The zero-order valence-electron chi connectivity index (χ0n) is 11.8. The van der Waals surface area contributed by atoms with E-state index in [-0.39, 0.29) is 17.6 Å². The second-order valence-corrected chi connectivity index (χ2v) is 7.49. The molecule has 0 saturated heterocycles. The van der Waals surface area contributed by atoms with E-state index in [1.165, 1.54) is 0 Å². The summed E-state index contributed by atoms with van der Waals surface area (Å²) in [4.78, 5) is 12.0. The maximum atomic E-state index is 11.7. The van der Waals surface area contributed by atoms with Gasteiger partial charge in [-0.2, -0.15) is 0 Å². The first-order chi connectivity index (χ1) is 9.53. The largest absolute Gasteiger partial charge is 0.356 e. The fourth-order valence-corrected chi connectivity index (χ4v) is 3.06. The van der Waals surface area contributed by atoms with Gasteiger partial charge in [0.15, 0.2) is 9.84 Å². The number of hydrogen-bond acceptors (Lipinski definition) is 3. The zero-order valence-corrected chi connectivity index (χ0v) is 12.6. The molecule has 1 N–H and O–H groups in total. The van der Waals surface area contributed by atoms with Crippen molar-refractivity contribution in [2.24, 2.45) is 5.92 Å². The van der Waals surface area contributed by atoms with Crippen molar-refractivity contribution in [2.75, 3.05) is 12.3 Å². The van der Waals surface area contributed by atoms with E-state index in [1.807, 2.05) is 12.1 Å². The number of hydrogen-bond donors (Lipinski definition) is 1. The van der Waals surface area contributed by atoms with Gasteiger partial charge in [0.05, 0.1) is 10.6 Å². The van der Waals surface area contributed by atoms with Crippen LogP contribution in [-0.4, -0.2) is 26.6 Å². The summed E-state index contributed by atoms with van der Waals surface area (Å²) in [6.07, 6.45) is 3.90. The lowest BCUT2D eigenvalue weighted by Gasteiger charge is -2.24. The van der Waals surface area contributed by atoms with E-state index >= 15 is 0 Å². The van der Waals surface area contributed by atoms with Gasteiger partial charge in [-0.25, -0.2) is 8.42 Å². The molecule has 1 aliphatic carbocycles. The summed E-state index contributed by atoms with van der Waals surface area (Å²) in [5, 5.41) is 2.93. The topological polar surface area (TPSA) is 63.2 Å². The van der Waals surface area contributed by atoms with Crippen LogP contribution in [0.3, 0.4) is 0 Å². The maximum absolute atomic E-state index is 11.7. The van der Waals surface area contributed by atoms with Crippen molar-refractivity contribution in [3.63, 3.8) is 0 Å². The van der Waals surface area contributed by atoms with Crippen molar-refractivity contribution < 1.29 is 13.2 Å². The molecule has 20 heavy (non-hydrogen) atoms. The van der Waals surface area contributed by atoms with Crippen LogP contribution in [0.2, 0.25) is 0 Å². The van der Waals surface area contributed by atoms with Crippen LogP contribution in [0.4, 0.5) is 0 Å². The highest BCUT2D eigenvalue weighted by atomic mass is 32.2. The number of sulfone groups is 1. The summed E-state index contributed by atoms with van der Waals surface area (Å²) in [5.74, 6) is 0.484. The van der Waals surface area contributed by atoms with Crippen molar-refractivity contribution >= 4 is 15.7 Å². The van der Waals surface area contributed by atoms with Crippen molar-refractivity contribution in [1.82, 2.24) is 5.32 Å². The quantitative estimate of drug-likeness (QED) is 0.872. The second kappa shape index (κ2) is 6.39. The van der Waals surface area contributed by atoms with E-state index in [4.69, 9.17) is 0 Å². The van der Waals surface area contributed by atoms with E-state index in [2.05, 4.69) is 5.32 Å². The summed E-state index contributed by atoms with van der Waals surface area (Å²) in [6.45, 7) is 2.24. The first-order valence-electron chi connectivity index (χ1n) is 7.12. The first kappa shape index (κ1) is 15.0. The fraction of sp³-hybridized carbons (Fsp3) is 0.533. The molecule has 5 heteroatoms.